The van der Waals surface area contributed by atoms with Gasteiger partial charge in [-0.1, -0.05) is 0 Å². The van der Waals surface area contributed by atoms with Crippen molar-refractivity contribution >= 4 is 22.2 Å². The molecule has 0 spiro atoms. The van der Waals surface area contributed by atoms with E-state index < -0.39 is 5.91 Å². The Hall–Kier alpha value is -1.27. The van der Waals surface area contributed by atoms with Crippen molar-refractivity contribution in [1.29, 1.82) is 0 Å². The molecule has 0 aromatic carbocycles. The summed E-state index contributed by atoms with van der Waals surface area (Å²) in [5, 5.41) is 5.16. The Labute approximate surface area is 62.9 Å². The van der Waals surface area contributed by atoms with Gasteiger partial charge in [0.2, 0.25) is 0 Å². The van der Waals surface area contributed by atoms with Gasteiger partial charge in [0.25, 0.3) is 0 Å². The molecule has 50 valence electrons. The van der Waals surface area contributed by atoms with Crippen LogP contribution < -0.4 is 5.32 Å². The fraction of sp³-hybridized carbons (Fsp3) is 0. The van der Waals surface area contributed by atoms with Crippen LogP contribution in [0.4, 0.5) is 5.00 Å². The molecule has 1 rings (SSSR count). The second-order valence-corrected chi connectivity index (χ2v) is 2.52. The summed E-state index contributed by atoms with van der Waals surface area (Å²) in [6.45, 7) is 0. The molecule has 0 saturated heterocycles. The van der Waals surface area contributed by atoms with Crippen LogP contribution in [0, 0.1) is 12.3 Å². The third kappa shape index (κ3) is 1.61. The highest BCUT2D eigenvalue weighted by Gasteiger charge is 1.95. The summed E-state index contributed by atoms with van der Waals surface area (Å²) in [4.78, 5) is 10.5. The van der Waals surface area contributed by atoms with Gasteiger partial charge in [-0.05, 0) is 23.4 Å². The predicted molar refractivity (Wildman–Crippen MR) is 41.8 cm³/mol. The molecule has 0 radical (unpaired) electrons. The Kier molecular flexibility index (Phi) is 2.08. The molecule has 3 heteroatoms. The van der Waals surface area contributed by atoms with Crippen LogP contribution in [0.1, 0.15) is 0 Å². The molecule has 10 heavy (non-hydrogen) atoms. The first-order chi connectivity index (χ1) is 4.83. The third-order valence-corrected chi connectivity index (χ3v) is 1.67. The lowest BCUT2D eigenvalue weighted by molar-refractivity contribution is -0.111. The van der Waals surface area contributed by atoms with Gasteiger partial charge in [0.05, 0.1) is 5.00 Å². The number of anilines is 1. The Morgan fingerprint density at radius 1 is 1.80 bits per heavy atom. The van der Waals surface area contributed by atoms with E-state index in [-0.39, 0.29) is 0 Å². The minimum Gasteiger partial charge on any atom is -0.307 e. The van der Waals surface area contributed by atoms with Crippen LogP contribution in [0.2, 0.25) is 0 Å². The second kappa shape index (κ2) is 3.04. The second-order valence-electron chi connectivity index (χ2n) is 1.58. The molecular formula is C7H5NOS. The maximum atomic E-state index is 10.5. The van der Waals surface area contributed by atoms with E-state index in [0.29, 0.717) is 0 Å². The third-order valence-electron chi connectivity index (χ3n) is 0.889. The maximum absolute atomic E-state index is 10.5. The first kappa shape index (κ1) is 6.84. The Bertz CT molecular complexity index is 258. The lowest BCUT2D eigenvalue weighted by Gasteiger charge is -1.91. The highest BCUT2D eigenvalue weighted by molar-refractivity contribution is 7.14. The summed E-state index contributed by atoms with van der Waals surface area (Å²) in [6.07, 6.45) is 4.83. The number of rotatable bonds is 1. The number of carbonyl (C=O) groups excluding carboxylic acids is 1. The molecule has 1 aromatic rings. The Balaban J connectivity index is 2.59. The Morgan fingerprint density at radius 2 is 2.60 bits per heavy atom. The molecule has 1 aromatic heterocycles. The monoisotopic (exact) mass is 151 g/mol. The number of amides is 1. The summed E-state index contributed by atoms with van der Waals surface area (Å²) < 4.78 is 0. The first-order valence-corrected chi connectivity index (χ1v) is 3.52. The largest absolute Gasteiger partial charge is 0.307 e. The van der Waals surface area contributed by atoms with Crippen LogP contribution in [0.25, 0.3) is 0 Å². The number of carbonyl (C=O) groups is 1. The number of hydrogen-bond acceptors (Lipinski definition) is 2. The van der Waals surface area contributed by atoms with Crippen LogP contribution in [0.15, 0.2) is 17.5 Å². The van der Waals surface area contributed by atoms with Gasteiger partial charge < -0.3 is 5.32 Å². The molecule has 0 aliphatic rings. The van der Waals surface area contributed by atoms with Crippen molar-refractivity contribution < 1.29 is 4.79 Å². The molecular weight excluding hydrogens is 146 g/mol. The predicted octanol–water partition coefficient (Wildman–Crippen LogP) is 1.32. The highest BCUT2D eigenvalue weighted by atomic mass is 32.1. The van der Waals surface area contributed by atoms with Gasteiger partial charge in [0.1, 0.15) is 0 Å². The molecule has 0 unspecified atom stereocenters. The number of terminal acetylenes is 1. The molecule has 0 saturated carbocycles. The standard InChI is InChI=1S/C7H5NOS/c1-2-6(9)8-7-4-3-5-10-7/h1,3-5H,(H,8,9). The summed E-state index contributed by atoms with van der Waals surface area (Å²) in [5.41, 5.74) is 0. The van der Waals surface area contributed by atoms with E-state index in [1.54, 1.807) is 6.07 Å². The molecule has 0 aliphatic carbocycles. The van der Waals surface area contributed by atoms with Crippen LogP contribution in [0.3, 0.4) is 0 Å². The van der Waals surface area contributed by atoms with E-state index in [2.05, 4.69) is 5.32 Å². The first-order valence-electron chi connectivity index (χ1n) is 2.64. The van der Waals surface area contributed by atoms with Crippen molar-refractivity contribution in [2.45, 2.75) is 0 Å². The SMILES string of the molecule is C#CC(=O)Nc1cccs1. The van der Waals surface area contributed by atoms with Crippen molar-refractivity contribution in [3.8, 4) is 12.3 Å². The van der Waals surface area contributed by atoms with Gasteiger partial charge in [0.15, 0.2) is 0 Å². The van der Waals surface area contributed by atoms with Crippen molar-refractivity contribution in [3.05, 3.63) is 17.5 Å². The van der Waals surface area contributed by atoms with E-state index in [0.717, 1.165) is 5.00 Å². The number of nitrogens with one attached hydrogen (secondary N) is 1. The van der Waals surface area contributed by atoms with E-state index in [9.17, 15) is 4.79 Å². The normalized spacial score (nSPS) is 8.30. The number of hydrogen-bond donors (Lipinski definition) is 1. The van der Waals surface area contributed by atoms with Gasteiger partial charge >= 0.3 is 5.91 Å². The summed E-state index contributed by atoms with van der Waals surface area (Å²) in [7, 11) is 0. The van der Waals surface area contributed by atoms with E-state index >= 15 is 0 Å². The summed E-state index contributed by atoms with van der Waals surface area (Å²) >= 11 is 1.44. The minimum atomic E-state index is -0.401. The van der Waals surface area contributed by atoms with E-state index in [4.69, 9.17) is 6.42 Å². The highest BCUT2D eigenvalue weighted by Crippen LogP contribution is 2.13. The quantitative estimate of drug-likeness (QED) is 0.602. The molecule has 1 N–H and O–H groups in total. The topological polar surface area (TPSA) is 29.1 Å². The van der Waals surface area contributed by atoms with Crippen LogP contribution in [0.5, 0.6) is 0 Å². The van der Waals surface area contributed by atoms with E-state index in [1.807, 2.05) is 17.4 Å². The zero-order valence-corrected chi connectivity index (χ0v) is 5.94. The zero-order valence-electron chi connectivity index (χ0n) is 5.13. The molecule has 0 atom stereocenters. The average molecular weight is 151 g/mol. The average Bonchev–Trinajstić information content (AvgIpc) is 2.40. The van der Waals surface area contributed by atoms with Crippen molar-refractivity contribution in [2.75, 3.05) is 5.32 Å². The lowest BCUT2D eigenvalue weighted by atomic mass is 10.6. The molecule has 0 bridgehead atoms. The zero-order chi connectivity index (χ0) is 7.40. The van der Waals surface area contributed by atoms with Crippen LogP contribution in [-0.2, 0) is 4.79 Å². The fourth-order valence-electron chi connectivity index (χ4n) is 0.498. The van der Waals surface area contributed by atoms with Gasteiger partial charge in [-0.25, -0.2) is 0 Å². The molecule has 0 fully saturated rings. The molecule has 2 nitrogen and oxygen atoms in total. The number of thiophene rings is 1. The smallest absolute Gasteiger partial charge is 0.300 e. The van der Waals surface area contributed by atoms with E-state index in [1.165, 1.54) is 11.3 Å². The summed E-state index contributed by atoms with van der Waals surface area (Å²) in [6, 6.07) is 3.64. The van der Waals surface area contributed by atoms with Gasteiger partial charge in [0, 0.05) is 0 Å². The molecule has 0 aliphatic heterocycles. The lowest BCUT2D eigenvalue weighted by Crippen LogP contribution is -2.05. The van der Waals surface area contributed by atoms with Gasteiger partial charge in [-0.15, -0.1) is 17.8 Å². The fourth-order valence-corrected chi connectivity index (χ4v) is 1.11. The molecule has 1 heterocycles. The van der Waals surface area contributed by atoms with Crippen LogP contribution >= 0.6 is 11.3 Å². The van der Waals surface area contributed by atoms with Crippen LogP contribution in [-0.4, -0.2) is 5.91 Å². The van der Waals surface area contributed by atoms with Crippen molar-refractivity contribution in [3.63, 3.8) is 0 Å². The van der Waals surface area contributed by atoms with Gasteiger partial charge in [-0.3, -0.25) is 4.79 Å². The maximum Gasteiger partial charge on any atom is 0.300 e. The van der Waals surface area contributed by atoms with Gasteiger partial charge in [-0.2, -0.15) is 0 Å². The molecule has 1 amide bonds. The minimum absolute atomic E-state index is 0.401. The van der Waals surface area contributed by atoms with Crippen molar-refractivity contribution in [1.82, 2.24) is 0 Å². The Morgan fingerprint density at radius 3 is 3.10 bits per heavy atom. The van der Waals surface area contributed by atoms with Crippen molar-refractivity contribution in [2.24, 2.45) is 0 Å². The summed E-state index contributed by atoms with van der Waals surface area (Å²) in [5.74, 6) is 1.56.